The minimum atomic E-state index is -0.339. The van der Waals surface area contributed by atoms with Crippen molar-refractivity contribution in [3.63, 3.8) is 0 Å². The molecule has 0 radical (unpaired) electrons. The van der Waals surface area contributed by atoms with Gasteiger partial charge < -0.3 is 15.0 Å². The first-order chi connectivity index (χ1) is 20.0. The SMILES string of the molecule is O=C(COc1ccc(/C=N\NC(=O)c2ccc([C@@H]3SCC(=O)N3Cc3ccccc3)cc2)cc1)Nc1ccccc1. The van der Waals surface area contributed by atoms with Gasteiger partial charge in [-0.1, -0.05) is 60.7 Å². The molecule has 1 saturated heterocycles. The van der Waals surface area contributed by atoms with Crippen LogP contribution in [0.4, 0.5) is 5.69 Å². The van der Waals surface area contributed by atoms with Crippen LogP contribution in [0, 0.1) is 0 Å². The van der Waals surface area contributed by atoms with Crippen molar-refractivity contribution in [3.05, 3.63) is 131 Å². The molecule has 206 valence electrons. The van der Waals surface area contributed by atoms with E-state index in [9.17, 15) is 14.4 Å². The number of carbonyl (C=O) groups excluding carboxylic acids is 3. The maximum atomic E-state index is 12.6. The highest BCUT2D eigenvalue weighted by Crippen LogP contribution is 2.39. The molecule has 0 bridgehead atoms. The van der Waals surface area contributed by atoms with Crippen molar-refractivity contribution < 1.29 is 19.1 Å². The van der Waals surface area contributed by atoms with Gasteiger partial charge in [-0.3, -0.25) is 14.4 Å². The second kappa shape index (κ2) is 13.5. The summed E-state index contributed by atoms with van der Waals surface area (Å²) < 4.78 is 5.53. The fourth-order valence-corrected chi connectivity index (χ4v) is 5.42. The number of amides is 3. The molecule has 1 aliphatic rings. The van der Waals surface area contributed by atoms with Gasteiger partial charge in [0.05, 0.1) is 12.0 Å². The first kappa shape index (κ1) is 27.7. The van der Waals surface area contributed by atoms with Crippen LogP contribution in [0.3, 0.4) is 0 Å². The lowest BCUT2D eigenvalue weighted by molar-refractivity contribution is -0.128. The second-order valence-corrected chi connectivity index (χ2v) is 10.3. The number of rotatable bonds is 10. The van der Waals surface area contributed by atoms with Gasteiger partial charge in [0.2, 0.25) is 5.91 Å². The Morgan fingerprint density at radius 2 is 1.59 bits per heavy atom. The number of anilines is 1. The first-order valence-electron chi connectivity index (χ1n) is 13.0. The molecule has 0 spiro atoms. The van der Waals surface area contributed by atoms with Crippen molar-refractivity contribution in [1.29, 1.82) is 0 Å². The third-order valence-electron chi connectivity index (χ3n) is 6.31. The average Bonchev–Trinajstić information content (AvgIpc) is 3.37. The molecule has 2 N–H and O–H groups in total. The topological polar surface area (TPSA) is 100 Å². The molecule has 1 heterocycles. The Morgan fingerprint density at radius 3 is 2.29 bits per heavy atom. The third-order valence-corrected chi connectivity index (χ3v) is 7.57. The number of hydrazone groups is 1. The van der Waals surface area contributed by atoms with Crippen LogP contribution in [-0.2, 0) is 16.1 Å². The summed E-state index contributed by atoms with van der Waals surface area (Å²) in [6, 6.07) is 33.3. The van der Waals surface area contributed by atoms with Crippen molar-refractivity contribution >= 4 is 41.4 Å². The lowest BCUT2D eigenvalue weighted by Gasteiger charge is -2.24. The Morgan fingerprint density at radius 1 is 0.902 bits per heavy atom. The molecular weight excluding hydrogens is 536 g/mol. The molecule has 0 unspecified atom stereocenters. The van der Waals surface area contributed by atoms with Gasteiger partial charge in [0, 0.05) is 17.8 Å². The maximum absolute atomic E-state index is 12.6. The third kappa shape index (κ3) is 7.61. The summed E-state index contributed by atoms with van der Waals surface area (Å²) in [5.74, 6) is 0.490. The quantitative estimate of drug-likeness (QED) is 0.203. The summed E-state index contributed by atoms with van der Waals surface area (Å²) in [5.41, 5.74) is 6.51. The molecule has 5 rings (SSSR count). The summed E-state index contributed by atoms with van der Waals surface area (Å²) in [7, 11) is 0. The molecule has 8 nitrogen and oxygen atoms in total. The zero-order valence-electron chi connectivity index (χ0n) is 22.1. The van der Waals surface area contributed by atoms with E-state index in [1.165, 1.54) is 6.21 Å². The molecular formula is C32H28N4O4S. The van der Waals surface area contributed by atoms with E-state index >= 15 is 0 Å². The van der Waals surface area contributed by atoms with Crippen LogP contribution >= 0.6 is 11.8 Å². The number of ether oxygens (including phenoxy) is 1. The molecule has 0 aromatic heterocycles. The summed E-state index contributed by atoms with van der Waals surface area (Å²) in [6.45, 7) is 0.433. The van der Waals surface area contributed by atoms with Crippen molar-refractivity contribution in [1.82, 2.24) is 10.3 Å². The summed E-state index contributed by atoms with van der Waals surface area (Å²) in [5, 5.41) is 6.72. The lowest BCUT2D eigenvalue weighted by atomic mass is 10.1. The second-order valence-electron chi connectivity index (χ2n) is 9.26. The van der Waals surface area contributed by atoms with E-state index in [0.717, 1.165) is 16.7 Å². The van der Waals surface area contributed by atoms with E-state index in [-0.39, 0.29) is 29.7 Å². The van der Waals surface area contributed by atoms with E-state index in [0.29, 0.717) is 29.3 Å². The number of carbonyl (C=O) groups is 3. The lowest BCUT2D eigenvalue weighted by Crippen LogP contribution is -2.27. The van der Waals surface area contributed by atoms with Gasteiger partial charge in [-0.15, -0.1) is 11.8 Å². The standard InChI is InChI=1S/C32H28N4O4S/c37-29(34-27-9-5-2-6-10-27)21-40-28-17-11-23(12-18-28)19-33-35-31(39)25-13-15-26(16-14-25)32-36(30(38)22-41-32)20-24-7-3-1-4-8-24/h1-19,32H,20-22H2,(H,34,37)(H,35,39)/b33-19-/t32-/m0/s1. The Balaban J connectivity index is 1.10. The Hall–Kier alpha value is -4.89. The number of nitrogens with zero attached hydrogens (tertiary/aromatic N) is 2. The monoisotopic (exact) mass is 564 g/mol. The Kier molecular flexibility index (Phi) is 9.08. The summed E-state index contributed by atoms with van der Waals surface area (Å²) in [4.78, 5) is 39.0. The number of hydrogen-bond donors (Lipinski definition) is 2. The van der Waals surface area contributed by atoms with Gasteiger partial charge in [-0.2, -0.15) is 5.10 Å². The van der Waals surface area contributed by atoms with Crippen LogP contribution in [0.1, 0.15) is 32.4 Å². The molecule has 1 aliphatic heterocycles. The molecule has 9 heteroatoms. The zero-order chi connectivity index (χ0) is 28.4. The Labute approximate surface area is 242 Å². The molecule has 0 aliphatic carbocycles. The fraction of sp³-hybridized carbons (Fsp3) is 0.125. The van der Waals surface area contributed by atoms with Crippen LogP contribution in [0.5, 0.6) is 5.75 Å². The van der Waals surface area contributed by atoms with Crippen LogP contribution in [0.15, 0.2) is 114 Å². The number of benzene rings is 4. The molecule has 41 heavy (non-hydrogen) atoms. The molecule has 1 atom stereocenters. The number of hydrogen-bond acceptors (Lipinski definition) is 6. The average molecular weight is 565 g/mol. The van der Waals surface area contributed by atoms with Crippen LogP contribution in [0.25, 0.3) is 0 Å². The normalized spacial score (nSPS) is 14.7. The minimum absolute atomic E-state index is 0.0944. The molecule has 4 aromatic carbocycles. The zero-order valence-corrected chi connectivity index (χ0v) is 22.9. The van der Waals surface area contributed by atoms with Gasteiger partial charge in [-0.05, 0) is 65.2 Å². The van der Waals surface area contributed by atoms with Crippen molar-refractivity contribution in [2.75, 3.05) is 17.7 Å². The van der Waals surface area contributed by atoms with Crippen molar-refractivity contribution in [2.45, 2.75) is 11.9 Å². The van der Waals surface area contributed by atoms with Crippen LogP contribution < -0.4 is 15.5 Å². The molecule has 0 saturated carbocycles. The highest BCUT2D eigenvalue weighted by Gasteiger charge is 2.32. The minimum Gasteiger partial charge on any atom is -0.484 e. The van der Waals surface area contributed by atoms with Gasteiger partial charge in [0.1, 0.15) is 11.1 Å². The number of para-hydroxylation sites is 1. The largest absolute Gasteiger partial charge is 0.484 e. The highest BCUT2D eigenvalue weighted by molar-refractivity contribution is 8.00. The van der Waals surface area contributed by atoms with Gasteiger partial charge in [0.15, 0.2) is 6.61 Å². The van der Waals surface area contributed by atoms with E-state index < -0.39 is 0 Å². The van der Waals surface area contributed by atoms with Gasteiger partial charge >= 0.3 is 0 Å². The smallest absolute Gasteiger partial charge is 0.271 e. The van der Waals surface area contributed by atoms with Gasteiger partial charge in [0.25, 0.3) is 11.8 Å². The Bertz CT molecular complexity index is 1510. The number of thioether (sulfide) groups is 1. The molecule has 3 amide bonds. The predicted octanol–water partition coefficient (Wildman–Crippen LogP) is 5.24. The first-order valence-corrected chi connectivity index (χ1v) is 14.1. The van der Waals surface area contributed by atoms with E-state index in [4.69, 9.17) is 4.74 Å². The predicted molar refractivity (Wildman–Crippen MR) is 161 cm³/mol. The van der Waals surface area contributed by atoms with Crippen LogP contribution in [0.2, 0.25) is 0 Å². The molecule has 1 fully saturated rings. The van der Waals surface area contributed by atoms with Crippen LogP contribution in [-0.4, -0.2) is 41.2 Å². The highest BCUT2D eigenvalue weighted by atomic mass is 32.2. The fourth-order valence-electron chi connectivity index (χ4n) is 4.23. The van der Waals surface area contributed by atoms with Crippen molar-refractivity contribution in [2.24, 2.45) is 5.10 Å². The van der Waals surface area contributed by atoms with Gasteiger partial charge in [-0.25, -0.2) is 5.43 Å². The van der Waals surface area contributed by atoms with Crippen molar-refractivity contribution in [3.8, 4) is 5.75 Å². The maximum Gasteiger partial charge on any atom is 0.271 e. The summed E-state index contributed by atoms with van der Waals surface area (Å²) in [6.07, 6.45) is 1.53. The van der Waals surface area contributed by atoms with E-state index in [1.807, 2.05) is 65.6 Å². The number of nitrogens with one attached hydrogen (secondary N) is 2. The summed E-state index contributed by atoms with van der Waals surface area (Å²) >= 11 is 1.59. The van der Waals surface area contributed by atoms with E-state index in [2.05, 4.69) is 15.8 Å². The van der Waals surface area contributed by atoms with E-state index in [1.54, 1.807) is 60.3 Å². The molecule has 4 aromatic rings.